The number of halogens is 1. The van der Waals surface area contributed by atoms with Crippen molar-refractivity contribution < 1.29 is 13.9 Å². The van der Waals surface area contributed by atoms with E-state index in [1.807, 2.05) is 24.3 Å². The molecule has 2 N–H and O–H groups in total. The first kappa shape index (κ1) is 18.4. The maximum absolute atomic E-state index is 13.8. The van der Waals surface area contributed by atoms with Gasteiger partial charge in [-0.05, 0) is 42.3 Å². The van der Waals surface area contributed by atoms with Crippen molar-refractivity contribution in [3.63, 3.8) is 0 Å². The van der Waals surface area contributed by atoms with Gasteiger partial charge in [0, 0.05) is 18.4 Å². The third-order valence-corrected chi connectivity index (χ3v) is 4.02. The Bertz CT molecular complexity index is 931. The van der Waals surface area contributed by atoms with Crippen molar-refractivity contribution in [1.82, 2.24) is 10.3 Å². The Morgan fingerprint density at radius 3 is 2.70 bits per heavy atom. The number of carbonyl (C=O) groups is 1. The molecule has 6 heteroatoms. The van der Waals surface area contributed by atoms with Crippen molar-refractivity contribution >= 4 is 17.3 Å². The molecule has 0 unspecified atom stereocenters. The number of methoxy groups -OCH3 is 1. The molecule has 0 saturated heterocycles. The minimum Gasteiger partial charge on any atom is -0.496 e. The highest BCUT2D eigenvalue weighted by atomic mass is 19.1. The number of nitrogens with one attached hydrogen (secondary N) is 2. The smallest absolute Gasteiger partial charge is 0.269 e. The largest absolute Gasteiger partial charge is 0.496 e. The number of pyridine rings is 1. The Hall–Kier alpha value is -3.41. The van der Waals surface area contributed by atoms with Crippen molar-refractivity contribution in [3.8, 4) is 5.75 Å². The van der Waals surface area contributed by atoms with E-state index in [9.17, 15) is 9.18 Å². The second-order valence-corrected chi connectivity index (χ2v) is 5.85. The maximum Gasteiger partial charge on any atom is 0.269 e. The Kier molecular flexibility index (Phi) is 5.99. The van der Waals surface area contributed by atoms with E-state index in [1.165, 1.54) is 12.3 Å². The number of nitrogens with zero attached hydrogens (tertiary/aromatic N) is 1. The molecule has 5 nitrogen and oxygen atoms in total. The zero-order valence-corrected chi connectivity index (χ0v) is 14.9. The number of ether oxygens (including phenoxy) is 1. The van der Waals surface area contributed by atoms with E-state index in [1.54, 1.807) is 37.4 Å². The minimum atomic E-state index is -0.364. The van der Waals surface area contributed by atoms with E-state index < -0.39 is 0 Å². The van der Waals surface area contributed by atoms with Crippen LogP contribution in [0, 0.1) is 5.82 Å². The Balaban J connectivity index is 1.61. The topological polar surface area (TPSA) is 63.2 Å². The molecule has 0 fully saturated rings. The highest BCUT2D eigenvalue weighted by Crippen LogP contribution is 2.20. The molecule has 3 aromatic rings. The van der Waals surface area contributed by atoms with Crippen molar-refractivity contribution in [2.75, 3.05) is 19.0 Å². The van der Waals surface area contributed by atoms with Crippen LogP contribution in [0.25, 0.3) is 0 Å². The average Bonchev–Trinajstić information content (AvgIpc) is 2.70. The fourth-order valence-electron chi connectivity index (χ4n) is 2.66. The molecule has 0 spiro atoms. The van der Waals surface area contributed by atoms with Crippen LogP contribution in [0.4, 0.5) is 15.8 Å². The molecule has 1 aromatic heterocycles. The molecule has 1 amide bonds. The summed E-state index contributed by atoms with van der Waals surface area (Å²) in [4.78, 5) is 16.4. The lowest BCUT2D eigenvalue weighted by Gasteiger charge is -2.10. The fourth-order valence-corrected chi connectivity index (χ4v) is 2.66. The summed E-state index contributed by atoms with van der Waals surface area (Å²) in [6.45, 7) is 0.450. The van der Waals surface area contributed by atoms with Crippen LogP contribution in [-0.4, -0.2) is 24.5 Å². The molecule has 0 bridgehead atoms. The summed E-state index contributed by atoms with van der Waals surface area (Å²) >= 11 is 0. The van der Waals surface area contributed by atoms with Crippen molar-refractivity contribution in [1.29, 1.82) is 0 Å². The Morgan fingerprint density at radius 2 is 1.89 bits per heavy atom. The molecule has 27 heavy (non-hydrogen) atoms. The average molecular weight is 365 g/mol. The second-order valence-electron chi connectivity index (χ2n) is 5.85. The van der Waals surface area contributed by atoms with Gasteiger partial charge in [0.2, 0.25) is 0 Å². The predicted octanol–water partition coefficient (Wildman–Crippen LogP) is 3.95. The van der Waals surface area contributed by atoms with Crippen LogP contribution >= 0.6 is 0 Å². The number of amides is 1. The summed E-state index contributed by atoms with van der Waals surface area (Å²) in [6.07, 6.45) is 2.15. The summed E-state index contributed by atoms with van der Waals surface area (Å²) in [5, 5.41) is 5.80. The molecule has 1 heterocycles. The molecule has 0 saturated carbocycles. The Morgan fingerprint density at radius 1 is 1.11 bits per heavy atom. The van der Waals surface area contributed by atoms with Gasteiger partial charge in [0.1, 0.15) is 17.3 Å². The van der Waals surface area contributed by atoms with Gasteiger partial charge < -0.3 is 15.4 Å². The van der Waals surface area contributed by atoms with Crippen LogP contribution in [0.2, 0.25) is 0 Å². The monoisotopic (exact) mass is 365 g/mol. The van der Waals surface area contributed by atoms with Gasteiger partial charge in [-0.2, -0.15) is 0 Å². The number of rotatable bonds is 7. The highest BCUT2D eigenvalue weighted by molar-refractivity contribution is 5.93. The lowest BCUT2D eigenvalue weighted by molar-refractivity contribution is 0.0949. The first-order valence-electron chi connectivity index (χ1n) is 8.55. The number of carbonyl (C=O) groups excluding carboxylic acids is 1. The van der Waals surface area contributed by atoms with E-state index in [4.69, 9.17) is 4.74 Å². The lowest BCUT2D eigenvalue weighted by atomic mass is 10.1. The van der Waals surface area contributed by atoms with Crippen LogP contribution in [0.5, 0.6) is 5.75 Å². The molecule has 0 atom stereocenters. The molecule has 0 aliphatic heterocycles. The summed E-state index contributed by atoms with van der Waals surface area (Å²) in [5.74, 6) is 0.139. The summed E-state index contributed by atoms with van der Waals surface area (Å²) in [6, 6.07) is 17.3. The predicted molar refractivity (Wildman–Crippen MR) is 103 cm³/mol. The van der Waals surface area contributed by atoms with Gasteiger partial charge in [0.15, 0.2) is 0 Å². The zero-order valence-electron chi connectivity index (χ0n) is 14.9. The molecule has 2 aromatic carbocycles. The fraction of sp³-hybridized carbons (Fsp3) is 0.143. The molecule has 0 radical (unpaired) electrons. The number of hydrogen-bond donors (Lipinski definition) is 2. The van der Waals surface area contributed by atoms with Crippen molar-refractivity contribution in [2.45, 2.75) is 6.42 Å². The van der Waals surface area contributed by atoms with E-state index in [0.717, 1.165) is 11.3 Å². The molecule has 138 valence electrons. The molecular formula is C21H20FN3O2. The van der Waals surface area contributed by atoms with E-state index in [-0.39, 0.29) is 17.4 Å². The van der Waals surface area contributed by atoms with Gasteiger partial charge >= 0.3 is 0 Å². The van der Waals surface area contributed by atoms with Crippen LogP contribution in [0.3, 0.4) is 0 Å². The van der Waals surface area contributed by atoms with Gasteiger partial charge in [-0.25, -0.2) is 4.39 Å². The number of para-hydroxylation sites is 2. The highest BCUT2D eigenvalue weighted by Gasteiger charge is 2.09. The first-order chi connectivity index (χ1) is 13.2. The molecule has 0 aliphatic rings. The van der Waals surface area contributed by atoms with Gasteiger partial charge in [0.05, 0.1) is 12.8 Å². The van der Waals surface area contributed by atoms with E-state index in [2.05, 4.69) is 15.6 Å². The third kappa shape index (κ3) is 4.82. The molecular weight excluding hydrogens is 345 g/mol. The van der Waals surface area contributed by atoms with Gasteiger partial charge in [-0.1, -0.05) is 30.3 Å². The van der Waals surface area contributed by atoms with Crippen LogP contribution < -0.4 is 15.4 Å². The van der Waals surface area contributed by atoms with Crippen molar-refractivity contribution in [2.24, 2.45) is 0 Å². The zero-order chi connectivity index (χ0) is 19.1. The number of anilines is 2. The minimum absolute atomic E-state index is 0.261. The number of hydrogen-bond acceptors (Lipinski definition) is 4. The Labute approximate surface area is 157 Å². The lowest BCUT2D eigenvalue weighted by Crippen LogP contribution is -2.26. The quantitative estimate of drug-likeness (QED) is 0.666. The summed E-state index contributed by atoms with van der Waals surface area (Å²) < 4.78 is 19.1. The third-order valence-electron chi connectivity index (χ3n) is 4.02. The van der Waals surface area contributed by atoms with Crippen LogP contribution in [0.1, 0.15) is 16.1 Å². The summed E-state index contributed by atoms with van der Waals surface area (Å²) in [7, 11) is 1.62. The normalized spacial score (nSPS) is 10.3. The summed E-state index contributed by atoms with van der Waals surface area (Å²) in [5.41, 5.74) is 2.20. The second kappa shape index (κ2) is 8.80. The van der Waals surface area contributed by atoms with Gasteiger partial charge in [-0.3, -0.25) is 9.78 Å². The van der Waals surface area contributed by atoms with E-state index in [0.29, 0.717) is 24.3 Å². The van der Waals surface area contributed by atoms with Crippen LogP contribution in [0.15, 0.2) is 66.9 Å². The first-order valence-corrected chi connectivity index (χ1v) is 8.55. The van der Waals surface area contributed by atoms with Gasteiger partial charge in [-0.15, -0.1) is 0 Å². The maximum atomic E-state index is 13.8. The number of aromatic nitrogens is 1. The SMILES string of the molecule is COc1ccccc1CCNC(=O)c1cc(Nc2ccccc2F)ccn1. The van der Waals surface area contributed by atoms with E-state index >= 15 is 0 Å². The molecule has 0 aliphatic carbocycles. The van der Waals surface area contributed by atoms with Crippen molar-refractivity contribution in [3.05, 3.63) is 83.9 Å². The molecule has 3 rings (SSSR count). The number of benzene rings is 2. The standard InChI is InChI=1S/C21H20FN3O2/c1-27-20-9-5-2-6-15(20)10-12-24-21(26)19-14-16(11-13-23-19)25-18-8-4-3-7-17(18)22/h2-9,11,13-14H,10,12H2,1H3,(H,23,25)(H,24,26). The van der Waals surface area contributed by atoms with Crippen LogP contribution in [-0.2, 0) is 6.42 Å². The van der Waals surface area contributed by atoms with Gasteiger partial charge in [0.25, 0.3) is 5.91 Å².